The monoisotopic (exact) mass is 300 g/mol. The standard InChI is InChI=1S/C14H13ClN6/c1-8-7-12(20-14(18-8)21-16)19-11-5-4-10(15)9-3-2-6-17-13(9)11/h2-7H,16H2,1H3,(H2,18,19,20,21). The highest BCUT2D eigenvalue weighted by atomic mass is 35.5. The number of fused-ring (bicyclic) bond motifs is 1. The summed E-state index contributed by atoms with van der Waals surface area (Å²) in [5.41, 5.74) is 4.84. The minimum absolute atomic E-state index is 0.351. The van der Waals surface area contributed by atoms with E-state index in [0.29, 0.717) is 16.8 Å². The molecule has 0 saturated heterocycles. The van der Waals surface area contributed by atoms with E-state index in [2.05, 4.69) is 25.7 Å². The Bertz CT molecular complexity index is 805. The maximum Gasteiger partial charge on any atom is 0.239 e. The zero-order valence-electron chi connectivity index (χ0n) is 11.3. The predicted molar refractivity (Wildman–Crippen MR) is 84.6 cm³/mol. The molecule has 2 heterocycles. The smallest absolute Gasteiger partial charge is 0.239 e. The van der Waals surface area contributed by atoms with Crippen LogP contribution in [0.2, 0.25) is 5.02 Å². The summed E-state index contributed by atoms with van der Waals surface area (Å²) in [6.45, 7) is 1.87. The van der Waals surface area contributed by atoms with E-state index in [1.807, 2.05) is 37.3 Å². The van der Waals surface area contributed by atoms with Crippen LogP contribution in [-0.2, 0) is 0 Å². The number of nitrogen functional groups attached to an aromatic ring is 1. The van der Waals surface area contributed by atoms with Gasteiger partial charge in [0.25, 0.3) is 0 Å². The van der Waals surface area contributed by atoms with E-state index >= 15 is 0 Å². The minimum atomic E-state index is 0.351. The second kappa shape index (κ2) is 5.51. The number of aromatic nitrogens is 3. The molecule has 6 nitrogen and oxygen atoms in total. The van der Waals surface area contributed by atoms with Crippen LogP contribution in [0.25, 0.3) is 10.9 Å². The molecule has 1 aromatic carbocycles. The highest BCUT2D eigenvalue weighted by Crippen LogP contribution is 2.29. The SMILES string of the molecule is Cc1cc(Nc2ccc(Cl)c3cccnc23)nc(NN)n1. The van der Waals surface area contributed by atoms with Crippen LogP contribution < -0.4 is 16.6 Å². The van der Waals surface area contributed by atoms with E-state index in [4.69, 9.17) is 17.4 Å². The molecule has 0 unspecified atom stereocenters. The van der Waals surface area contributed by atoms with Crippen LogP contribution in [0, 0.1) is 6.92 Å². The number of nitrogens with zero attached hydrogens (tertiary/aromatic N) is 3. The molecule has 21 heavy (non-hydrogen) atoms. The van der Waals surface area contributed by atoms with Crippen LogP contribution in [-0.4, -0.2) is 15.0 Å². The van der Waals surface area contributed by atoms with Crippen molar-refractivity contribution in [2.75, 3.05) is 10.7 Å². The molecule has 3 aromatic rings. The molecule has 0 aliphatic rings. The van der Waals surface area contributed by atoms with Crippen LogP contribution >= 0.6 is 11.6 Å². The minimum Gasteiger partial charge on any atom is -0.338 e. The molecule has 0 radical (unpaired) electrons. The number of benzene rings is 1. The number of pyridine rings is 1. The maximum absolute atomic E-state index is 6.18. The second-order valence-corrected chi connectivity index (χ2v) is 4.89. The number of rotatable bonds is 3. The van der Waals surface area contributed by atoms with Crippen LogP contribution in [0.1, 0.15) is 5.69 Å². The normalized spacial score (nSPS) is 10.6. The van der Waals surface area contributed by atoms with Gasteiger partial charge in [0.1, 0.15) is 5.82 Å². The van der Waals surface area contributed by atoms with Crippen LogP contribution in [0.4, 0.5) is 17.5 Å². The predicted octanol–water partition coefficient (Wildman–Crippen LogP) is 3.02. The first kappa shape index (κ1) is 13.5. The summed E-state index contributed by atoms with van der Waals surface area (Å²) in [7, 11) is 0. The van der Waals surface area contributed by atoms with Crippen molar-refractivity contribution in [1.29, 1.82) is 0 Å². The van der Waals surface area contributed by atoms with Gasteiger partial charge in [-0.15, -0.1) is 0 Å². The van der Waals surface area contributed by atoms with Crippen LogP contribution in [0.15, 0.2) is 36.5 Å². The van der Waals surface area contributed by atoms with E-state index < -0.39 is 0 Å². The van der Waals surface area contributed by atoms with Crippen molar-refractivity contribution in [2.45, 2.75) is 6.92 Å². The van der Waals surface area contributed by atoms with Gasteiger partial charge in [-0.05, 0) is 31.2 Å². The number of hydrogen-bond acceptors (Lipinski definition) is 6. The molecule has 0 aliphatic carbocycles. The molecule has 0 spiro atoms. The molecule has 0 amide bonds. The Kier molecular flexibility index (Phi) is 3.55. The summed E-state index contributed by atoms with van der Waals surface area (Å²) in [6.07, 6.45) is 1.72. The zero-order chi connectivity index (χ0) is 14.8. The van der Waals surface area contributed by atoms with Gasteiger partial charge >= 0.3 is 0 Å². The van der Waals surface area contributed by atoms with Gasteiger partial charge in [0.2, 0.25) is 5.95 Å². The van der Waals surface area contributed by atoms with Crippen molar-refractivity contribution < 1.29 is 0 Å². The van der Waals surface area contributed by atoms with Gasteiger partial charge in [-0.2, -0.15) is 4.98 Å². The fourth-order valence-electron chi connectivity index (χ4n) is 2.07. The summed E-state index contributed by atoms with van der Waals surface area (Å²) in [4.78, 5) is 12.8. The van der Waals surface area contributed by atoms with E-state index in [-0.39, 0.29) is 0 Å². The van der Waals surface area contributed by atoms with E-state index in [9.17, 15) is 0 Å². The Labute approximate surface area is 126 Å². The summed E-state index contributed by atoms with van der Waals surface area (Å²) >= 11 is 6.18. The van der Waals surface area contributed by atoms with E-state index in [1.54, 1.807) is 6.20 Å². The highest BCUT2D eigenvalue weighted by Gasteiger charge is 2.07. The topological polar surface area (TPSA) is 88.8 Å². The van der Waals surface area contributed by atoms with Crippen molar-refractivity contribution in [3.8, 4) is 0 Å². The second-order valence-electron chi connectivity index (χ2n) is 4.48. The lowest BCUT2D eigenvalue weighted by atomic mass is 10.2. The Morgan fingerprint density at radius 3 is 2.86 bits per heavy atom. The number of hydrogen-bond donors (Lipinski definition) is 3. The van der Waals surface area contributed by atoms with Gasteiger partial charge in [-0.25, -0.2) is 10.8 Å². The lowest BCUT2D eigenvalue weighted by Gasteiger charge is -2.10. The van der Waals surface area contributed by atoms with E-state index in [0.717, 1.165) is 22.3 Å². The molecule has 0 atom stereocenters. The fourth-order valence-corrected chi connectivity index (χ4v) is 2.29. The fraction of sp³-hybridized carbons (Fsp3) is 0.0714. The largest absolute Gasteiger partial charge is 0.338 e. The molecule has 0 aliphatic heterocycles. The average molecular weight is 301 g/mol. The third-order valence-electron chi connectivity index (χ3n) is 2.96. The Hall–Kier alpha value is -2.44. The van der Waals surface area contributed by atoms with Gasteiger partial charge in [0, 0.05) is 23.3 Å². The number of aryl methyl sites for hydroxylation is 1. The third kappa shape index (κ3) is 2.72. The van der Waals surface area contributed by atoms with Gasteiger partial charge in [0.15, 0.2) is 0 Å². The first-order chi connectivity index (χ1) is 10.2. The zero-order valence-corrected chi connectivity index (χ0v) is 12.0. The molecular weight excluding hydrogens is 288 g/mol. The molecule has 3 rings (SSSR count). The molecule has 0 fully saturated rings. The first-order valence-electron chi connectivity index (χ1n) is 6.30. The molecule has 0 bridgehead atoms. The van der Waals surface area contributed by atoms with Crippen LogP contribution in [0.3, 0.4) is 0 Å². The summed E-state index contributed by atoms with van der Waals surface area (Å²) in [5.74, 6) is 6.34. The van der Waals surface area contributed by atoms with Crippen molar-refractivity contribution >= 4 is 40.0 Å². The number of nitrogens with two attached hydrogens (primary N) is 1. The molecule has 4 N–H and O–H groups in total. The summed E-state index contributed by atoms with van der Waals surface area (Å²) < 4.78 is 0. The quantitative estimate of drug-likeness (QED) is 0.509. The lowest BCUT2D eigenvalue weighted by Crippen LogP contribution is -2.12. The average Bonchev–Trinajstić information content (AvgIpc) is 2.50. The molecule has 106 valence electrons. The van der Waals surface area contributed by atoms with Gasteiger partial charge < -0.3 is 5.32 Å². The number of nitrogens with one attached hydrogen (secondary N) is 2. The first-order valence-corrected chi connectivity index (χ1v) is 6.68. The van der Waals surface area contributed by atoms with Crippen molar-refractivity contribution in [3.05, 3.63) is 47.2 Å². The van der Waals surface area contributed by atoms with Crippen molar-refractivity contribution in [1.82, 2.24) is 15.0 Å². The van der Waals surface area contributed by atoms with E-state index in [1.165, 1.54) is 0 Å². The molecule has 2 aromatic heterocycles. The lowest BCUT2D eigenvalue weighted by molar-refractivity contribution is 1.07. The third-order valence-corrected chi connectivity index (χ3v) is 3.29. The number of hydrazine groups is 1. The maximum atomic E-state index is 6.18. The summed E-state index contributed by atoms with van der Waals surface area (Å²) in [6, 6.07) is 9.29. The molecular formula is C14H13ClN6. The number of anilines is 3. The van der Waals surface area contributed by atoms with Crippen molar-refractivity contribution in [2.24, 2.45) is 5.84 Å². The Balaban J connectivity index is 2.06. The number of halogens is 1. The van der Waals surface area contributed by atoms with Gasteiger partial charge in [-0.3, -0.25) is 10.4 Å². The highest BCUT2D eigenvalue weighted by molar-refractivity contribution is 6.35. The Morgan fingerprint density at radius 2 is 2.05 bits per heavy atom. The molecule has 7 heteroatoms. The van der Waals surface area contributed by atoms with Gasteiger partial charge in [0.05, 0.1) is 16.2 Å². The van der Waals surface area contributed by atoms with Crippen LogP contribution in [0.5, 0.6) is 0 Å². The summed E-state index contributed by atoms with van der Waals surface area (Å²) in [5, 5.41) is 4.76. The Morgan fingerprint density at radius 1 is 1.19 bits per heavy atom. The van der Waals surface area contributed by atoms with Gasteiger partial charge in [-0.1, -0.05) is 11.6 Å². The van der Waals surface area contributed by atoms with Crippen molar-refractivity contribution in [3.63, 3.8) is 0 Å². The molecule has 0 saturated carbocycles.